The van der Waals surface area contributed by atoms with Crippen LogP contribution in [0, 0.1) is 0 Å². The molecule has 0 saturated heterocycles. The van der Waals surface area contributed by atoms with Crippen molar-refractivity contribution in [2.24, 2.45) is 0 Å². The topological polar surface area (TPSA) is 52.6 Å². The molecule has 0 spiro atoms. The maximum absolute atomic E-state index is 10.9. The second-order valence-corrected chi connectivity index (χ2v) is 5.27. The second kappa shape index (κ2) is 5.32. The van der Waals surface area contributed by atoms with E-state index in [9.17, 15) is 8.42 Å². The molecule has 4 nitrogen and oxygen atoms in total. The van der Waals surface area contributed by atoms with Crippen molar-refractivity contribution in [3.8, 4) is 5.75 Å². The van der Waals surface area contributed by atoms with Gasteiger partial charge < -0.3 is 4.74 Å². The molecule has 0 aliphatic rings. The summed E-state index contributed by atoms with van der Waals surface area (Å²) in [6.07, 6.45) is 1.21. The first-order chi connectivity index (χ1) is 7.40. The van der Waals surface area contributed by atoms with Crippen LogP contribution in [-0.2, 0) is 20.7 Å². The molecule has 0 saturated carbocycles. The molecule has 0 radical (unpaired) electrons. The normalized spacial score (nSPS) is 13.4. The highest BCUT2D eigenvalue weighted by molar-refractivity contribution is 7.86. The van der Waals surface area contributed by atoms with Gasteiger partial charge in [0.05, 0.1) is 19.5 Å². The molecule has 0 aliphatic heterocycles. The van der Waals surface area contributed by atoms with Crippen LogP contribution in [0.15, 0.2) is 24.3 Å². The largest absolute Gasteiger partial charge is 0.497 e. The number of methoxy groups -OCH3 is 1. The molecule has 16 heavy (non-hydrogen) atoms. The number of benzene rings is 1. The van der Waals surface area contributed by atoms with Crippen LogP contribution in [-0.4, -0.2) is 27.9 Å². The van der Waals surface area contributed by atoms with Gasteiger partial charge in [-0.05, 0) is 31.0 Å². The van der Waals surface area contributed by atoms with Crippen LogP contribution in [0.3, 0.4) is 0 Å². The summed E-state index contributed by atoms with van der Waals surface area (Å²) in [4.78, 5) is 0. The van der Waals surface area contributed by atoms with Crippen molar-refractivity contribution in [1.29, 1.82) is 0 Å². The lowest BCUT2D eigenvalue weighted by Crippen LogP contribution is -2.16. The van der Waals surface area contributed by atoms with E-state index in [4.69, 9.17) is 8.92 Å². The minimum absolute atomic E-state index is 0.373. The predicted molar refractivity (Wildman–Crippen MR) is 62.1 cm³/mol. The summed E-state index contributed by atoms with van der Waals surface area (Å²) in [6, 6.07) is 7.47. The molecule has 1 rings (SSSR count). The minimum atomic E-state index is -3.39. The first-order valence-electron chi connectivity index (χ1n) is 4.92. The van der Waals surface area contributed by atoms with E-state index in [1.807, 2.05) is 24.3 Å². The standard InChI is InChI=1S/C11H16O4S/c1-9(15-16(3,12)13)7-10-5-4-6-11(8-10)14-2/h4-6,8-9H,7H2,1-3H3/t9-/m1/s1. The van der Waals surface area contributed by atoms with E-state index in [0.717, 1.165) is 17.6 Å². The third kappa shape index (κ3) is 4.63. The molecule has 0 fully saturated rings. The van der Waals surface area contributed by atoms with E-state index in [2.05, 4.69) is 0 Å². The second-order valence-electron chi connectivity index (χ2n) is 3.67. The number of hydrogen-bond donors (Lipinski definition) is 0. The van der Waals surface area contributed by atoms with E-state index < -0.39 is 10.1 Å². The summed E-state index contributed by atoms with van der Waals surface area (Å²) in [6.45, 7) is 1.72. The van der Waals surface area contributed by atoms with Crippen molar-refractivity contribution in [3.05, 3.63) is 29.8 Å². The quantitative estimate of drug-likeness (QED) is 0.738. The molecule has 0 amide bonds. The highest BCUT2D eigenvalue weighted by Gasteiger charge is 2.11. The van der Waals surface area contributed by atoms with Gasteiger partial charge in [0.15, 0.2) is 0 Å². The van der Waals surface area contributed by atoms with E-state index in [1.54, 1.807) is 14.0 Å². The van der Waals surface area contributed by atoms with Crippen LogP contribution < -0.4 is 4.74 Å². The molecule has 1 aromatic carbocycles. The van der Waals surface area contributed by atoms with Crippen molar-refractivity contribution in [2.75, 3.05) is 13.4 Å². The van der Waals surface area contributed by atoms with Gasteiger partial charge in [-0.25, -0.2) is 0 Å². The lowest BCUT2D eigenvalue weighted by atomic mass is 10.1. The van der Waals surface area contributed by atoms with Crippen LogP contribution in [0.25, 0.3) is 0 Å². The average molecular weight is 244 g/mol. The minimum Gasteiger partial charge on any atom is -0.497 e. The molecule has 1 atom stereocenters. The Labute approximate surface area is 96.3 Å². The Kier molecular flexibility index (Phi) is 4.32. The summed E-state index contributed by atoms with van der Waals surface area (Å²) in [5, 5.41) is 0. The lowest BCUT2D eigenvalue weighted by molar-refractivity contribution is 0.231. The van der Waals surface area contributed by atoms with E-state index in [-0.39, 0.29) is 6.10 Å². The van der Waals surface area contributed by atoms with Crippen LogP contribution in [0.1, 0.15) is 12.5 Å². The third-order valence-electron chi connectivity index (χ3n) is 2.00. The molecule has 0 aromatic heterocycles. The zero-order valence-electron chi connectivity index (χ0n) is 9.64. The summed E-state index contributed by atoms with van der Waals surface area (Å²) in [5.74, 6) is 0.754. The van der Waals surface area contributed by atoms with Gasteiger partial charge in [-0.3, -0.25) is 4.18 Å². The fourth-order valence-electron chi connectivity index (χ4n) is 1.46. The predicted octanol–water partition coefficient (Wildman–Crippen LogP) is 1.60. The Morgan fingerprint density at radius 2 is 2.06 bits per heavy atom. The molecule has 0 N–H and O–H groups in total. The van der Waals surface area contributed by atoms with Gasteiger partial charge in [0.1, 0.15) is 5.75 Å². The third-order valence-corrected chi connectivity index (χ3v) is 2.67. The van der Waals surface area contributed by atoms with E-state index in [1.165, 1.54) is 0 Å². The van der Waals surface area contributed by atoms with Gasteiger partial charge in [0, 0.05) is 0 Å². The Morgan fingerprint density at radius 3 is 2.62 bits per heavy atom. The van der Waals surface area contributed by atoms with Gasteiger partial charge >= 0.3 is 0 Å². The van der Waals surface area contributed by atoms with Gasteiger partial charge in [0.2, 0.25) is 0 Å². The van der Waals surface area contributed by atoms with Crippen LogP contribution in [0.2, 0.25) is 0 Å². The first kappa shape index (κ1) is 13.0. The SMILES string of the molecule is COc1cccc(C[C@@H](C)OS(C)(=O)=O)c1. The zero-order valence-corrected chi connectivity index (χ0v) is 10.5. The highest BCUT2D eigenvalue weighted by atomic mass is 32.2. The molecule has 0 aliphatic carbocycles. The Bertz CT molecular complexity index is 439. The Morgan fingerprint density at radius 1 is 1.38 bits per heavy atom. The highest BCUT2D eigenvalue weighted by Crippen LogP contribution is 2.15. The molecular formula is C11H16O4S. The monoisotopic (exact) mass is 244 g/mol. The van der Waals surface area contributed by atoms with E-state index >= 15 is 0 Å². The summed E-state index contributed by atoms with van der Waals surface area (Å²) >= 11 is 0. The van der Waals surface area contributed by atoms with Crippen molar-refractivity contribution >= 4 is 10.1 Å². The van der Waals surface area contributed by atoms with Gasteiger partial charge in [-0.2, -0.15) is 8.42 Å². The van der Waals surface area contributed by atoms with Crippen LogP contribution >= 0.6 is 0 Å². The maximum Gasteiger partial charge on any atom is 0.264 e. The van der Waals surface area contributed by atoms with Crippen LogP contribution in [0.5, 0.6) is 5.75 Å². The molecule has 1 aromatic rings. The van der Waals surface area contributed by atoms with Crippen molar-refractivity contribution < 1.29 is 17.3 Å². The van der Waals surface area contributed by atoms with E-state index in [0.29, 0.717) is 6.42 Å². The molecule has 90 valence electrons. The molecular weight excluding hydrogens is 228 g/mol. The van der Waals surface area contributed by atoms with Crippen LogP contribution in [0.4, 0.5) is 0 Å². The molecule has 0 unspecified atom stereocenters. The zero-order chi connectivity index (χ0) is 12.2. The number of rotatable bonds is 5. The van der Waals surface area contributed by atoms with Crippen molar-refractivity contribution in [3.63, 3.8) is 0 Å². The molecule has 0 heterocycles. The average Bonchev–Trinajstić information content (AvgIpc) is 2.15. The molecule has 5 heteroatoms. The van der Waals surface area contributed by atoms with Gasteiger partial charge in [-0.15, -0.1) is 0 Å². The Hall–Kier alpha value is -1.07. The summed E-state index contributed by atoms with van der Waals surface area (Å²) in [7, 11) is -1.80. The number of ether oxygens (including phenoxy) is 1. The number of hydrogen-bond acceptors (Lipinski definition) is 4. The smallest absolute Gasteiger partial charge is 0.264 e. The summed E-state index contributed by atoms with van der Waals surface area (Å²) < 4.78 is 31.7. The maximum atomic E-state index is 10.9. The lowest BCUT2D eigenvalue weighted by Gasteiger charge is -2.11. The van der Waals surface area contributed by atoms with Crippen molar-refractivity contribution in [1.82, 2.24) is 0 Å². The summed E-state index contributed by atoms with van der Waals surface area (Å²) in [5.41, 5.74) is 0.982. The molecule has 0 bridgehead atoms. The first-order valence-corrected chi connectivity index (χ1v) is 6.73. The fourth-order valence-corrected chi connectivity index (χ4v) is 2.13. The Balaban J connectivity index is 2.65. The fraction of sp³-hybridized carbons (Fsp3) is 0.455. The van der Waals surface area contributed by atoms with Gasteiger partial charge in [0.25, 0.3) is 10.1 Å². The van der Waals surface area contributed by atoms with Crippen molar-refractivity contribution in [2.45, 2.75) is 19.4 Å². The van der Waals surface area contributed by atoms with Gasteiger partial charge in [-0.1, -0.05) is 12.1 Å².